The lowest BCUT2D eigenvalue weighted by Crippen LogP contribution is -2.24. The van der Waals surface area contributed by atoms with Crippen molar-refractivity contribution in [2.75, 3.05) is 5.32 Å². The molecule has 0 aromatic heterocycles. The van der Waals surface area contributed by atoms with E-state index in [0.717, 1.165) is 37.7 Å². The topological polar surface area (TPSA) is 29.1 Å². The Morgan fingerprint density at radius 2 is 2.05 bits per heavy atom. The summed E-state index contributed by atoms with van der Waals surface area (Å²) in [4.78, 5) is 12.1. The molecule has 1 aliphatic rings. The van der Waals surface area contributed by atoms with Gasteiger partial charge in [-0.1, -0.05) is 39.2 Å². The smallest absolute Gasteiger partial charge is 0.227 e. The molecular formula is C17H24FNO. The number of nitrogens with one attached hydrogen (secondary N) is 1. The summed E-state index contributed by atoms with van der Waals surface area (Å²) in [5.74, 6) is 0.125. The minimum absolute atomic E-state index is 0.0420. The Morgan fingerprint density at radius 1 is 1.35 bits per heavy atom. The lowest BCUT2D eigenvalue weighted by Gasteiger charge is -2.21. The van der Waals surface area contributed by atoms with Gasteiger partial charge in [-0.3, -0.25) is 4.79 Å². The second kappa shape index (κ2) is 6.87. The second-order valence-electron chi connectivity index (χ2n) is 5.87. The van der Waals surface area contributed by atoms with Crippen LogP contribution in [0, 0.1) is 11.7 Å². The van der Waals surface area contributed by atoms with Crippen LogP contribution in [0.4, 0.5) is 10.1 Å². The molecule has 1 amide bonds. The van der Waals surface area contributed by atoms with E-state index in [1.54, 1.807) is 6.07 Å². The van der Waals surface area contributed by atoms with E-state index < -0.39 is 0 Å². The highest BCUT2D eigenvalue weighted by molar-refractivity contribution is 5.92. The molecule has 0 aliphatic heterocycles. The SMILES string of the molecule is CCC(C)c1ccc(NC(=O)C2CCCCC2)cc1F. The normalized spacial score (nSPS) is 17.8. The van der Waals surface area contributed by atoms with E-state index in [0.29, 0.717) is 5.69 Å². The quantitative estimate of drug-likeness (QED) is 0.836. The van der Waals surface area contributed by atoms with Crippen molar-refractivity contribution in [2.45, 2.75) is 58.3 Å². The van der Waals surface area contributed by atoms with Gasteiger partial charge < -0.3 is 5.32 Å². The number of rotatable bonds is 4. The van der Waals surface area contributed by atoms with Crippen LogP contribution in [0.5, 0.6) is 0 Å². The average molecular weight is 277 g/mol. The number of carbonyl (C=O) groups is 1. The minimum Gasteiger partial charge on any atom is -0.326 e. The first-order valence-electron chi connectivity index (χ1n) is 7.72. The summed E-state index contributed by atoms with van der Waals surface area (Å²) < 4.78 is 14.0. The third kappa shape index (κ3) is 3.59. The Morgan fingerprint density at radius 3 is 2.65 bits per heavy atom. The maximum absolute atomic E-state index is 14.0. The third-order valence-electron chi connectivity index (χ3n) is 4.39. The Labute approximate surface area is 120 Å². The molecule has 1 fully saturated rings. The summed E-state index contributed by atoms with van der Waals surface area (Å²) in [6, 6.07) is 5.05. The van der Waals surface area contributed by atoms with Gasteiger partial charge >= 0.3 is 0 Å². The first-order valence-corrected chi connectivity index (χ1v) is 7.72. The number of hydrogen-bond donors (Lipinski definition) is 1. The van der Waals surface area contributed by atoms with Gasteiger partial charge in [-0.05, 0) is 42.9 Å². The van der Waals surface area contributed by atoms with Gasteiger partial charge in [0.25, 0.3) is 0 Å². The molecule has 1 N–H and O–H groups in total. The molecule has 0 spiro atoms. The minimum atomic E-state index is -0.221. The maximum Gasteiger partial charge on any atom is 0.227 e. The maximum atomic E-state index is 14.0. The Hall–Kier alpha value is -1.38. The monoisotopic (exact) mass is 277 g/mol. The molecule has 2 nitrogen and oxygen atoms in total. The highest BCUT2D eigenvalue weighted by Gasteiger charge is 2.21. The molecule has 20 heavy (non-hydrogen) atoms. The molecule has 1 atom stereocenters. The molecule has 110 valence electrons. The fourth-order valence-corrected chi connectivity index (χ4v) is 2.83. The Bertz CT molecular complexity index is 466. The summed E-state index contributed by atoms with van der Waals surface area (Å²) in [6.07, 6.45) is 6.30. The van der Waals surface area contributed by atoms with Crippen LogP contribution in [0.3, 0.4) is 0 Å². The van der Waals surface area contributed by atoms with Crippen LogP contribution >= 0.6 is 0 Å². The van der Waals surface area contributed by atoms with E-state index in [-0.39, 0.29) is 23.6 Å². The Balaban J connectivity index is 2.02. The van der Waals surface area contributed by atoms with E-state index >= 15 is 0 Å². The van der Waals surface area contributed by atoms with Gasteiger partial charge in [-0.15, -0.1) is 0 Å². The highest BCUT2D eigenvalue weighted by atomic mass is 19.1. The zero-order chi connectivity index (χ0) is 14.5. The van der Waals surface area contributed by atoms with Gasteiger partial charge in [-0.2, -0.15) is 0 Å². The molecule has 1 aromatic rings. The van der Waals surface area contributed by atoms with Crippen molar-refractivity contribution in [2.24, 2.45) is 5.92 Å². The zero-order valence-corrected chi connectivity index (χ0v) is 12.4. The van der Waals surface area contributed by atoms with Crippen molar-refractivity contribution in [1.29, 1.82) is 0 Å². The lowest BCUT2D eigenvalue weighted by atomic mass is 9.88. The van der Waals surface area contributed by atoms with Crippen LogP contribution in [-0.2, 0) is 4.79 Å². The van der Waals surface area contributed by atoms with E-state index in [9.17, 15) is 9.18 Å². The highest BCUT2D eigenvalue weighted by Crippen LogP contribution is 2.27. The van der Waals surface area contributed by atoms with Crippen molar-refractivity contribution in [3.63, 3.8) is 0 Å². The van der Waals surface area contributed by atoms with Crippen molar-refractivity contribution in [1.82, 2.24) is 0 Å². The second-order valence-corrected chi connectivity index (χ2v) is 5.87. The third-order valence-corrected chi connectivity index (χ3v) is 4.39. The van der Waals surface area contributed by atoms with Crippen molar-refractivity contribution < 1.29 is 9.18 Å². The summed E-state index contributed by atoms with van der Waals surface area (Å²) in [5, 5.41) is 2.86. The predicted octanol–water partition coefficient (Wildman–Crippen LogP) is 4.86. The standard InChI is InChI=1S/C17H24FNO/c1-3-12(2)15-10-9-14(11-16(15)18)19-17(20)13-7-5-4-6-8-13/h9-13H,3-8H2,1-2H3,(H,19,20). The fourth-order valence-electron chi connectivity index (χ4n) is 2.83. The molecule has 0 radical (unpaired) electrons. The molecule has 0 saturated heterocycles. The first-order chi connectivity index (χ1) is 9.61. The number of halogens is 1. The van der Waals surface area contributed by atoms with Crippen molar-refractivity contribution >= 4 is 11.6 Å². The molecule has 1 aliphatic carbocycles. The molecule has 1 aromatic carbocycles. The van der Waals surface area contributed by atoms with Gasteiger partial charge in [0, 0.05) is 11.6 Å². The van der Waals surface area contributed by atoms with Gasteiger partial charge in [0.15, 0.2) is 0 Å². The summed E-state index contributed by atoms with van der Waals surface area (Å²) in [6.45, 7) is 4.06. The van der Waals surface area contributed by atoms with Gasteiger partial charge in [-0.25, -0.2) is 4.39 Å². The summed E-state index contributed by atoms with van der Waals surface area (Å²) in [5.41, 5.74) is 1.30. The number of amides is 1. The molecule has 0 bridgehead atoms. The largest absolute Gasteiger partial charge is 0.326 e. The Kier molecular flexibility index (Phi) is 5.16. The van der Waals surface area contributed by atoms with Crippen molar-refractivity contribution in [3.8, 4) is 0 Å². The van der Waals surface area contributed by atoms with Crippen LogP contribution in [0.1, 0.15) is 63.9 Å². The van der Waals surface area contributed by atoms with Gasteiger partial charge in [0.2, 0.25) is 5.91 Å². The molecular weight excluding hydrogens is 253 g/mol. The van der Waals surface area contributed by atoms with Crippen LogP contribution in [0.25, 0.3) is 0 Å². The summed E-state index contributed by atoms with van der Waals surface area (Å²) in [7, 11) is 0. The van der Waals surface area contributed by atoms with Crippen LogP contribution in [0.2, 0.25) is 0 Å². The first kappa shape index (κ1) is 15.0. The number of benzene rings is 1. The van der Waals surface area contributed by atoms with Crippen LogP contribution < -0.4 is 5.32 Å². The van der Waals surface area contributed by atoms with Crippen LogP contribution in [0.15, 0.2) is 18.2 Å². The van der Waals surface area contributed by atoms with E-state index in [2.05, 4.69) is 5.32 Å². The van der Waals surface area contributed by atoms with E-state index in [1.807, 2.05) is 19.9 Å². The molecule has 2 rings (SSSR count). The molecule has 1 saturated carbocycles. The van der Waals surface area contributed by atoms with Gasteiger partial charge in [0.05, 0.1) is 0 Å². The molecule has 0 heterocycles. The molecule has 3 heteroatoms. The van der Waals surface area contributed by atoms with E-state index in [1.165, 1.54) is 12.5 Å². The number of carbonyl (C=O) groups excluding carboxylic acids is 1. The average Bonchev–Trinajstić information content (AvgIpc) is 2.47. The zero-order valence-electron chi connectivity index (χ0n) is 12.4. The van der Waals surface area contributed by atoms with E-state index in [4.69, 9.17) is 0 Å². The van der Waals surface area contributed by atoms with Crippen LogP contribution in [-0.4, -0.2) is 5.91 Å². The fraction of sp³-hybridized carbons (Fsp3) is 0.588. The number of hydrogen-bond acceptors (Lipinski definition) is 1. The lowest BCUT2D eigenvalue weighted by molar-refractivity contribution is -0.120. The molecule has 1 unspecified atom stereocenters. The van der Waals surface area contributed by atoms with Crippen molar-refractivity contribution in [3.05, 3.63) is 29.6 Å². The number of anilines is 1. The van der Waals surface area contributed by atoms with Gasteiger partial charge in [0.1, 0.15) is 5.82 Å². The summed E-state index contributed by atoms with van der Waals surface area (Å²) >= 11 is 0. The predicted molar refractivity (Wildman–Crippen MR) is 80.3 cm³/mol.